The van der Waals surface area contributed by atoms with Gasteiger partial charge in [0.05, 0.1) is 11.4 Å². The van der Waals surface area contributed by atoms with Gasteiger partial charge in [0.25, 0.3) is 5.91 Å². The van der Waals surface area contributed by atoms with Crippen molar-refractivity contribution in [2.24, 2.45) is 0 Å². The van der Waals surface area contributed by atoms with E-state index >= 15 is 0 Å². The number of fused-ring (bicyclic) bond motifs is 1. The molecule has 0 bridgehead atoms. The lowest BCUT2D eigenvalue weighted by molar-refractivity contribution is -0.141. The molecule has 2 amide bonds. The number of benzene rings is 1. The number of thioether (sulfide) groups is 1. The Hall–Kier alpha value is -1.90. The highest BCUT2D eigenvalue weighted by Crippen LogP contribution is 2.39. The number of carbonyl (C=O) groups excluding carboxylic acids is 3. The molecule has 1 aliphatic carbocycles. The van der Waals surface area contributed by atoms with E-state index in [-0.39, 0.29) is 35.6 Å². The van der Waals surface area contributed by atoms with Crippen LogP contribution < -0.4 is 5.32 Å². The maximum absolute atomic E-state index is 13.9. The molecule has 4 fully saturated rings. The molecule has 0 aromatic heterocycles. The summed E-state index contributed by atoms with van der Waals surface area (Å²) in [7, 11) is 0. The number of piperidine rings is 1. The van der Waals surface area contributed by atoms with Crippen LogP contribution in [0.1, 0.15) is 74.2 Å². The molecule has 5 rings (SSSR count). The molecule has 0 radical (unpaired) electrons. The fourth-order valence-corrected chi connectivity index (χ4v) is 7.43. The van der Waals surface area contributed by atoms with Crippen molar-refractivity contribution in [3.8, 4) is 0 Å². The van der Waals surface area contributed by atoms with Gasteiger partial charge in [-0.2, -0.15) is 11.8 Å². The van der Waals surface area contributed by atoms with Gasteiger partial charge in [0.1, 0.15) is 18.2 Å². The molecular weight excluding hydrogens is 474 g/mol. The first-order chi connectivity index (χ1) is 17.3. The van der Waals surface area contributed by atoms with Crippen LogP contribution in [-0.2, 0) is 14.3 Å². The fourth-order valence-electron chi connectivity index (χ4n) is 6.62. The minimum atomic E-state index is -0.944. The van der Waals surface area contributed by atoms with E-state index in [4.69, 9.17) is 4.74 Å². The Bertz CT molecular complexity index is 983. The molecule has 196 valence electrons. The summed E-state index contributed by atoms with van der Waals surface area (Å²) in [5.41, 5.74) is 0.923. The van der Waals surface area contributed by atoms with Gasteiger partial charge in [-0.25, -0.2) is 0 Å². The third-order valence-electron chi connectivity index (χ3n) is 8.83. The third-order valence-corrected chi connectivity index (χ3v) is 9.85. The molecule has 8 heteroatoms. The average molecular weight is 514 g/mol. The van der Waals surface area contributed by atoms with Gasteiger partial charge in [-0.05, 0) is 82.5 Å². The predicted octanol–water partition coefficient (Wildman–Crippen LogP) is 3.23. The van der Waals surface area contributed by atoms with Crippen molar-refractivity contribution in [3.05, 3.63) is 35.4 Å². The van der Waals surface area contributed by atoms with Crippen molar-refractivity contribution >= 4 is 29.4 Å². The minimum Gasteiger partial charge on any atom is -0.367 e. The zero-order chi connectivity index (χ0) is 25.4. The van der Waals surface area contributed by atoms with Crippen molar-refractivity contribution in [3.63, 3.8) is 0 Å². The molecule has 1 aromatic rings. The quantitative estimate of drug-likeness (QED) is 0.629. The largest absolute Gasteiger partial charge is 0.367 e. The Morgan fingerprint density at radius 1 is 1.11 bits per heavy atom. The van der Waals surface area contributed by atoms with E-state index in [0.29, 0.717) is 36.9 Å². The van der Waals surface area contributed by atoms with Crippen LogP contribution in [-0.4, -0.2) is 88.9 Å². The number of nitrogens with one attached hydrogen (secondary N) is 1. The molecule has 3 saturated heterocycles. The van der Waals surface area contributed by atoms with Gasteiger partial charge < -0.3 is 19.9 Å². The number of carbonyl (C=O) groups is 3. The standard InChI is InChI=1S/C28H39N3O4S/c1-18(2)30-14-10-20(11-15-30)19-6-8-21(9-7-19)26(33)29-28(12-4-5-13-28)27(34)31-16-23(36-3)25-24(31)22(32)17-35-25/h6-9,18,20,23-25H,4-5,10-17H2,1-3H3,(H,29,33)/t23-,24+,25+/m0/s1. The molecule has 1 N–H and O–H groups in total. The molecule has 3 atom stereocenters. The summed E-state index contributed by atoms with van der Waals surface area (Å²) < 4.78 is 5.74. The van der Waals surface area contributed by atoms with Crippen molar-refractivity contribution in [1.29, 1.82) is 0 Å². The second-order valence-electron chi connectivity index (χ2n) is 11.2. The molecular formula is C28H39N3O4S. The summed E-state index contributed by atoms with van der Waals surface area (Å²) in [5.74, 6) is 0.169. The van der Waals surface area contributed by atoms with Gasteiger partial charge in [0, 0.05) is 18.2 Å². The lowest BCUT2D eigenvalue weighted by atomic mass is 9.88. The number of likely N-dealkylation sites (tertiary alicyclic amines) is 2. The smallest absolute Gasteiger partial charge is 0.252 e. The topological polar surface area (TPSA) is 79.0 Å². The van der Waals surface area contributed by atoms with Crippen LogP contribution >= 0.6 is 11.8 Å². The van der Waals surface area contributed by atoms with Crippen LogP contribution in [0.15, 0.2) is 24.3 Å². The molecule has 4 aliphatic rings. The molecule has 7 nitrogen and oxygen atoms in total. The summed E-state index contributed by atoms with van der Waals surface area (Å²) >= 11 is 1.64. The first kappa shape index (κ1) is 25.7. The maximum Gasteiger partial charge on any atom is 0.252 e. The van der Waals surface area contributed by atoms with Gasteiger partial charge in [0.15, 0.2) is 5.78 Å². The Balaban J connectivity index is 1.28. The molecule has 36 heavy (non-hydrogen) atoms. The molecule has 1 aromatic carbocycles. The lowest BCUT2D eigenvalue weighted by Crippen LogP contribution is -2.60. The van der Waals surface area contributed by atoms with E-state index in [0.717, 1.165) is 38.8 Å². The van der Waals surface area contributed by atoms with Gasteiger partial charge in [-0.15, -0.1) is 0 Å². The number of amides is 2. The molecule has 1 saturated carbocycles. The van der Waals surface area contributed by atoms with Crippen LogP contribution in [0.5, 0.6) is 0 Å². The SMILES string of the molecule is CS[C@H]1CN(C(=O)C2(NC(=O)c3ccc(C4CCN(C(C)C)CC4)cc3)CCCC2)[C@@H]2C(=O)CO[C@H]12. The van der Waals surface area contributed by atoms with E-state index < -0.39 is 11.6 Å². The number of hydrogen-bond donors (Lipinski definition) is 1. The number of ether oxygens (including phenoxy) is 1. The van der Waals surface area contributed by atoms with E-state index in [2.05, 4.69) is 36.2 Å². The first-order valence-electron chi connectivity index (χ1n) is 13.5. The summed E-state index contributed by atoms with van der Waals surface area (Å²) in [4.78, 5) is 44.1. The number of nitrogens with zero attached hydrogens (tertiary/aromatic N) is 2. The summed E-state index contributed by atoms with van der Waals surface area (Å²) in [6.45, 7) is 7.27. The van der Waals surface area contributed by atoms with Crippen LogP contribution in [0.4, 0.5) is 0 Å². The second-order valence-corrected chi connectivity index (χ2v) is 12.3. The van der Waals surface area contributed by atoms with Gasteiger partial charge in [0.2, 0.25) is 5.91 Å². The summed E-state index contributed by atoms with van der Waals surface area (Å²) in [6.07, 6.45) is 7.01. The normalized spacial score (nSPS) is 28.6. The van der Waals surface area contributed by atoms with Gasteiger partial charge >= 0.3 is 0 Å². The van der Waals surface area contributed by atoms with E-state index in [1.807, 2.05) is 18.4 Å². The minimum absolute atomic E-state index is 0.0285. The zero-order valence-corrected chi connectivity index (χ0v) is 22.5. The van der Waals surface area contributed by atoms with Crippen LogP contribution in [0.25, 0.3) is 0 Å². The summed E-state index contributed by atoms with van der Waals surface area (Å²) in [6, 6.07) is 8.02. The number of hydrogen-bond acceptors (Lipinski definition) is 6. The highest BCUT2D eigenvalue weighted by atomic mass is 32.2. The van der Waals surface area contributed by atoms with Crippen molar-refractivity contribution in [1.82, 2.24) is 15.1 Å². The Kier molecular flexibility index (Phi) is 7.48. The highest BCUT2D eigenvalue weighted by Gasteiger charge is 2.56. The second kappa shape index (κ2) is 10.5. The van der Waals surface area contributed by atoms with E-state index in [9.17, 15) is 14.4 Å². The Morgan fingerprint density at radius 3 is 2.39 bits per heavy atom. The molecule has 3 heterocycles. The first-order valence-corrected chi connectivity index (χ1v) is 14.8. The number of Topliss-reactive ketones (excluding diaryl/α,β-unsaturated/α-hetero) is 1. The number of ketones is 1. The van der Waals surface area contributed by atoms with Gasteiger partial charge in [-0.1, -0.05) is 25.0 Å². The monoisotopic (exact) mass is 513 g/mol. The van der Waals surface area contributed by atoms with Crippen molar-refractivity contribution in [2.45, 2.75) is 87.3 Å². The van der Waals surface area contributed by atoms with Gasteiger partial charge in [-0.3, -0.25) is 14.4 Å². The predicted molar refractivity (Wildman–Crippen MR) is 141 cm³/mol. The molecule has 0 spiro atoms. The van der Waals surface area contributed by atoms with E-state index in [1.165, 1.54) is 5.56 Å². The lowest BCUT2D eigenvalue weighted by Gasteiger charge is -2.35. The highest BCUT2D eigenvalue weighted by molar-refractivity contribution is 7.99. The van der Waals surface area contributed by atoms with Crippen molar-refractivity contribution in [2.75, 3.05) is 32.5 Å². The summed E-state index contributed by atoms with van der Waals surface area (Å²) in [5, 5.41) is 3.22. The van der Waals surface area contributed by atoms with E-state index in [1.54, 1.807) is 16.7 Å². The Labute approximate surface area is 218 Å². The Morgan fingerprint density at radius 2 is 1.78 bits per heavy atom. The maximum atomic E-state index is 13.9. The number of rotatable bonds is 6. The van der Waals surface area contributed by atoms with Crippen molar-refractivity contribution < 1.29 is 19.1 Å². The average Bonchev–Trinajstić information content (AvgIpc) is 3.61. The third kappa shape index (κ3) is 4.72. The van der Waals surface area contributed by atoms with Crippen LogP contribution in [0.3, 0.4) is 0 Å². The van der Waals surface area contributed by atoms with Crippen LogP contribution in [0, 0.1) is 0 Å². The van der Waals surface area contributed by atoms with Crippen LogP contribution in [0.2, 0.25) is 0 Å². The zero-order valence-electron chi connectivity index (χ0n) is 21.7. The fraction of sp³-hybridized carbons (Fsp3) is 0.679. The molecule has 0 unspecified atom stereocenters. The molecule has 3 aliphatic heterocycles.